The summed E-state index contributed by atoms with van der Waals surface area (Å²) in [5.74, 6) is -0.333. The summed E-state index contributed by atoms with van der Waals surface area (Å²) in [5, 5.41) is 2.77. The molecule has 1 aromatic heterocycles. The molecule has 2 rings (SSSR count). The maximum absolute atomic E-state index is 12.1. The topological polar surface area (TPSA) is 101 Å². The van der Waals surface area contributed by atoms with Crippen LogP contribution in [0.15, 0.2) is 6.20 Å². The van der Waals surface area contributed by atoms with Gasteiger partial charge in [0.15, 0.2) is 5.69 Å². The molecule has 3 N–H and O–H groups in total. The monoisotopic (exact) mass is 319 g/mol. The lowest BCUT2D eigenvalue weighted by Crippen LogP contribution is -2.46. The number of amides is 2. The number of aromatic nitrogens is 2. The van der Waals surface area contributed by atoms with E-state index in [1.165, 1.54) is 6.20 Å². The van der Waals surface area contributed by atoms with Gasteiger partial charge in [-0.1, -0.05) is 0 Å². The molecule has 1 aliphatic heterocycles. The summed E-state index contributed by atoms with van der Waals surface area (Å²) in [6, 6.07) is 0. The third-order valence-electron chi connectivity index (χ3n) is 3.10. The fraction of sp³-hybridized carbons (Fsp3) is 0.636. The minimum atomic E-state index is -0.157. The molecule has 1 aliphatic rings. The molecule has 20 heavy (non-hydrogen) atoms. The van der Waals surface area contributed by atoms with E-state index < -0.39 is 0 Å². The fourth-order valence-electron chi connectivity index (χ4n) is 2.14. The first-order chi connectivity index (χ1) is 9.22. The van der Waals surface area contributed by atoms with E-state index in [2.05, 4.69) is 14.1 Å². The van der Waals surface area contributed by atoms with Crippen molar-refractivity contribution < 1.29 is 9.59 Å². The van der Waals surface area contributed by atoms with E-state index in [4.69, 9.17) is 5.73 Å². The lowest BCUT2D eigenvalue weighted by Gasteiger charge is -2.31. The maximum Gasteiger partial charge on any atom is 0.275 e. The van der Waals surface area contributed by atoms with Crippen LogP contribution in [0.1, 0.15) is 23.3 Å². The molecule has 9 heteroatoms. The number of carbonyl (C=O) groups excluding carboxylic acids is 2. The maximum atomic E-state index is 12.1. The minimum Gasteiger partial charge on any atom is -0.355 e. The third kappa shape index (κ3) is 4.12. The molecular weight excluding hydrogens is 302 g/mol. The molecule has 2 amide bonds. The van der Waals surface area contributed by atoms with Crippen LogP contribution in [-0.4, -0.2) is 51.6 Å². The zero-order chi connectivity index (χ0) is 13.7. The minimum absolute atomic E-state index is 0. The van der Waals surface area contributed by atoms with Gasteiger partial charge in [0.2, 0.25) is 5.91 Å². The van der Waals surface area contributed by atoms with E-state index in [9.17, 15) is 9.59 Å². The van der Waals surface area contributed by atoms with Crippen molar-refractivity contribution in [2.24, 2.45) is 11.7 Å². The Morgan fingerprint density at radius 1 is 1.55 bits per heavy atom. The first kappa shape index (κ1) is 16.8. The number of nitrogens with two attached hydrogens (primary N) is 1. The smallest absolute Gasteiger partial charge is 0.275 e. The Kier molecular flexibility index (Phi) is 6.83. The van der Waals surface area contributed by atoms with Crippen molar-refractivity contribution in [3.05, 3.63) is 11.9 Å². The van der Waals surface area contributed by atoms with Gasteiger partial charge in [-0.05, 0) is 12.8 Å². The van der Waals surface area contributed by atoms with Gasteiger partial charge in [-0.2, -0.15) is 8.75 Å². The van der Waals surface area contributed by atoms with E-state index in [1.807, 2.05) is 0 Å². The van der Waals surface area contributed by atoms with Crippen molar-refractivity contribution in [3.8, 4) is 0 Å². The Hall–Kier alpha value is -1.25. The van der Waals surface area contributed by atoms with Crippen molar-refractivity contribution in [2.75, 3.05) is 26.2 Å². The number of rotatable bonds is 4. The molecule has 0 aromatic carbocycles. The third-order valence-corrected chi connectivity index (χ3v) is 3.58. The molecule has 1 saturated heterocycles. The number of likely N-dealkylation sites (tertiary alicyclic amines) is 1. The summed E-state index contributed by atoms with van der Waals surface area (Å²) in [6.45, 7) is 1.99. The van der Waals surface area contributed by atoms with Gasteiger partial charge < -0.3 is 16.0 Å². The lowest BCUT2D eigenvalue weighted by molar-refractivity contribution is -0.126. The quantitative estimate of drug-likeness (QED) is 0.806. The van der Waals surface area contributed by atoms with Gasteiger partial charge in [0, 0.05) is 26.2 Å². The molecule has 0 saturated carbocycles. The summed E-state index contributed by atoms with van der Waals surface area (Å²) < 4.78 is 7.76. The Morgan fingerprint density at radius 3 is 3.00 bits per heavy atom. The van der Waals surface area contributed by atoms with Crippen molar-refractivity contribution in [1.82, 2.24) is 19.0 Å². The second kappa shape index (κ2) is 8.13. The summed E-state index contributed by atoms with van der Waals surface area (Å²) >= 11 is 1.01. The highest BCUT2D eigenvalue weighted by Gasteiger charge is 2.29. The van der Waals surface area contributed by atoms with E-state index in [1.54, 1.807) is 4.90 Å². The number of carbonyl (C=O) groups is 2. The SMILES string of the molecule is Cl.NCCNC(=O)C1CCCN(C(=O)c2cnsn2)C1. The van der Waals surface area contributed by atoms with E-state index in [-0.39, 0.29) is 30.1 Å². The summed E-state index contributed by atoms with van der Waals surface area (Å²) in [4.78, 5) is 25.7. The normalized spacial score (nSPS) is 18.2. The van der Waals surface area contributed by atoms with E-state index >= 15 is 0 Å². The lowest BCUT2D eigenvalue weighted by atomic mass is 9.97. The summed E-state index contributed by atoms with van der Waals surface area (Å²) in [7, 11) is 0. The second-order valence-electron chi connectivity index (χ2n) is 4.46. The van der Waals surface area contributed by atoms with Gasteiger partial charge in [0.25, 0.3) is 5.91 Å². The predicted molar refractivity (Wildman–Crippen MR) is 77.8 cm³/mol. The molecule has 1 aromatic rings. The van der Waals surface area contributed by atoms with Crippen LogP contribution >= 0.6 is 24.1 Å². The molecule has 0 bridgehead atoms. The Balaban J connectivity index is 0.00000200. The number of hydrogen-bond acceptors (Lipinski definition) is 6. The zero-order valence-corrected chi connectivity index (χ0v) is 12.6. The van der Waals surface area contributed by atoms with Gasteiger partial charge in [0.05, 0.1) is 23.8 Å². The molecule has 7 nitrogen and oxygen atoms in total. The summed E-state index contributed by atoms with van der Waals surface area (Å²) in [5.41, 5.74) is 5.71. The van der Waals surface area contributed by atoms with E-state index in [0.29, 0.717) is 31.9 Å². The number of piperidine rings is 1. The molecule has 0 radical (unpaired) electrons. The van der Waals surface area contributed by atoms with Crippen LogP contribution < -0.4 is 11.1 Å². The molecule has 0 aliphatic carbocycles. The molecule has 2 heterocycles. The van der Waals surface area contributed by atoms with Crippen molar-refractivity contribution in [2.45, 2.75) is 12.8 Å². The average Bonchev–Trinajstić information content (AvgIpc) is 2.98. The number of nitrogens with zero attached hydrogens (tertiary/aromatic N) is 3. The van der Waals surface area contributed by atoms with Gasteiger partial charge in [0.1, 0.15) is 0 Å². The molecule has 1 fully saturated rings. The van der Waals surface area contributed by atoms with Gasteiger partial charge in [-0.3, -0.25) is 9.59 Å². The molecular formula is C11H18ClN5O2S. The van der Waals surface area contributed by atoms with Crippen LogP contribution in [0.5, 0.6) is 0 Å². The number of halogens is 1. The van der Waals surface area contributed by atoms with Crippen LogP contribution in [0.3, 0.4) is 0 Å². The fourth-order valence-corrected chi connectivity index (χ4v) is 2.54. The largest absolute Gasteiger partial charge is 0.355 e. The van der Waals surface area contributed by atoms with Gasteiger partial charge in [-0.15, -0.1) is 12.4 Å². The van der Waals surface area contributed by atoms with Crippen LogP contribution in [0.2, 0.25) is 0 Å². The first-order valence-corrected chi connectivity index (χ1v) is 7.00. The Bertz CT molecular complexity index is 442. The highest BCUT2D eigenvalue weighted by molar-refractivity contribution is 6.99. The standard InChI is InChI=1S/C11H17N5O2S.ClH/c12-3-4-13-10(17)8-2-1-5-16(7-8)11(18)9-6-14-19-15-9;/h6,8H,1-5,7,12H2,(H,13,17);1H. The van der Waals surface area contributed by atoms with Crippen LogP contribution in [0.4, 0.5) is 0 Å². The van der Waals surface area contributed by atoms with E-state index in [0.717, 1.165) is 24.6 Å². The van der Waals surface area contributed by atoms with Gasteiger partial charge >= 0.3 is 0 Å². The number of hydrogen-bond donors (Lipinski definition) is 2. The van der Waals surface area contributed by atoms with Crippen molar-refractivity contribution in [3.63, 3.8) is 0 Å². The van der Waals surface area contributed by atoms with Crippen LogP contribution in [0.25, 0.3) is 0 Å². The van der Waals surface area contributed by atoms with Crippen LogP contribution in [-0.2, 0) is 4.79 Å². The summed E-state index contributed by atoms with van der Waals surface area (Å²) in [6.07, 6.45) is 3.09. The highest BCUT2D eigenvalue weighted by Crippen LogP contribution is 2.18. The predicted octanol–water partition coefficient (Wildman–Crippen LogP) is -0.113. The van der Waals surface area contributed by atoms with Crippen molar-refractivity contribution >= 4 is 35.9 Å². The highest BCUT2D eigenvalue weighted by atomic mass is 35.5. The average molecular weight is 320 g/mol. The van der Waals surface area contributed by atoms with Gasteiger partial charge in [-0.25, -0.2) is 0 Å². The Labute approximate surface area is 127 Å². The second-order valence-corrected chi connectivity index (χ2v) is 5.02. The molecule has 0 spiro atoms. The molecule has 1 unspecified atom stereocenters. The number of nitrogens with one attached hydrogen (secondary N) is 1. The molecule has 1 atom stereocenters. The molecule has 112 valence electrons. The Morgan fingerprint density at radius 2 is 2.35 bits per heavy atom. The van der Waals surface area contributed by atoms with Crippen LogP contribution in [0, 0.1) is 5.92 Å². The van der Waals surface area contributed by atoms with Crippen molar-refractivity contribution in [1.29, 1.82) is 0 Å². The first-order valence-electron chi connectivity index (χ1n) is 6.27. The zero-order valence-electron chi connectivity index (χ0n) is 10.9.